The van der Waals surface area contributed by atoms with E-state index in [0.29, 0.717) is 38.1 Å². The number of aliphatic imine (C=N–C) groups is 2. The van der Waals surface area contributed by atoms with Crippen LogP contribution in [0.2, 0.25) is 0 Å². The summed E-state index contributed by atoms with van der Waals surface area (Å²) in [7, 11) is 0. The lowest BCUT2D eigenvalue weighted by atomic mass is 10.1. The Morgan fingerprint density at radius 2 is 1.21 bits per heavy atom. The highest BCUT2D eigenvalue weighted by molar-refractivity contribution is 5.98. The van der Waals surface area contributed by atoms with Crippen LogP contribution < -0.4 is 0 Å². The van der Waals surface area contributed by atoms with Gasteiger partial charge in [0.2, 0.25) is 11.8 Å². The molecule has 1 fully saturated rings. The molecule has 0 saturated carbocycles. The van der Waals surface area contributed by atoms with E-state index in [1.54, 1.807) is 0 Å². The van der Waals surface area contributed by atoms with Crippen LogP contribution in [0.15, 0.2) is 58.5 Å². The third-order valence-corrected chi connectivity index (χ3v) is 5.34. The molecule has 0 spiro atoms. The fraction of sp³-hybridized carbons (Fsp3) is 0.391. The largest absolute Gasteiger partial charge is 0.473 e. The second kappa shape index (κ2) is 7.28. The van der Waals surface area contributed by atoms with E-state index < -0.39 is 5.79 Å². The lowest BCUT2D eigenvalue weighted by Gasteiger charge is -2.16. The summed E-state index contributed by atoms with van der Waals surface area (Å²) < 4.78 is 23.7. The van der Waals surface area contributed by atoms with Crippen molar-refractivity contribution >= 4 is 11.8 Å². The fourth-order valence-electron chi connectivity index (χ4n) is 3.98. The van der Waals surface area contributed by atoms with E-state index in [2.05, 4.69) is 22.1 Å². The molecule has 2 atom stereocenters. The number of hydrogen-bond acceptors (Lipinski definition) is 6. The first-order valence-electron chi connectivity index (χ1n) is 9.96. The van der Waals surface area contributed by atoms with Crippen LogP contribution in [-0.2, 0) is 32.2 Å². The molecule has 3 aliphatic rings. The predicted molar refractivity (Wildman–Crippen MR) is 109 cm³/mol. The Morgan fingerprint density at radius 1 is 0.759 bits per heavy atom. The maximum atomic E-state index is 6.10. The average molecular weight is 392 g/mol. The van der Waals surface area contributed by atoms with E-state index in [4.69, 9.17) is 18.9 Å². The zero-order valence-corrected chi connectivity index (χ0v) is 16.6. The van der Waals surface area contributed by atoms with Crippen molar-refractivity contribution < 1.29 is 18.9 Å². The zero-order valence-electron chi connectivity index (χ0n) is 16.6. The first-order valence-corrected chi connectivity index (χ1v) is 9.96. The Balaban J connectivity index is 1.31. The van der Waals surface area contributed by atoms with Gasteiger partial charge in [-0.15, -0.1) is 0 Å². The van der Waals surface area contributed by atoms with Crippen LogP contribution in [0, 0.1) is 0 Å². The van der Waals surface area contributed by atoms with Gasteiger partial charge in [0.1, 0.15) is 25.4 Å². The number of nitrogens with zero attached hydrogens (tertiary/aromatic N) is 2. The van der Waals surface area contributed by atoms with Crippen LogP contribution >= 0.6 is 0 Å². The molecular weight excluding hydrogens is 368 g/mol. The Kier molecular flexibility index (Phi) is 4.60. The smallest absolute Gasteiger partial charge is 0.216 e. The summed E-state index contributed by atoms with van der Waals surface area (Å²) in [6.45, 7) is 5.89. The molecule has 2 aromatic carbocycles. The first-order chi connectivity index (χ1) is 14.1. The molecule has 29 heavy (non-hydrogen) atoms. The molecule has 3 aliphatic heterocycles. The van der Waals surface area contributed by atoms with Crippen molar-refractivity contribution in [3.8, 4) is 0 Å². The van der Waals surface area contributed by atoms with E-state index in [9.17, 15) is 0 Å². The average Bonchev–Trinajstić information content (AvgIpc) is 3.40. The molecule has 6 nitrogen and oxygen atoms in total. The minimum Gasteiger partial charge on any atom is -0.473 e. The summed E-state index contributed by atoms with van der Waals surface area (Å²) >= 11 is 0. The summed E-state index contributed by atoms with van der Waals surface area (Å²) in [5.41, 5.74) is 4.43. The molecule has 1 saturated heterocycles. The van der Waals surface area contributed by atoms with Crippen LogP contribution in [-0.4, -0.2) is 42.9 Å². The monoisotopic (exact) mass is 392 g/mol. The highest BCUT2D eigenvalue weighted by atomic mass is 16.8. The van der Waals surface area contributed by atoms with Crippen LogP contribution in [0.1, 0.15) is 36.1 Å². The summed E-state index contributed by atoms with van der Waals surface area (Å²) in [4.78, 5) is 9.38. The van der Waals surface area contributed by atoms with Gasteiger partial charge in [0.05, 0.1) is 13.1 Å². The van der Waals surface area contributed by atoms with Crippen molar-refractivity contribution in [3.63, 3.8) is 0 Å². The predicted octanol–water partition coefficient (Wildman–Crippen LogP) is 3.46. The van der Waals surface area contributed by atoms with E-state index in [-0.39, 0.29) is 12.2 Å². The van der Waals surface area contributed by atoms with E-state index >= 15 is 0 Å². The van der Waals surface area contributed by atoms with Gasteiger partial charge in [-0.3, -0.25) is 0 Å². The van der Waals surface area contributed by atoms with Gasteiger partial charge in [0.15, 0.2) is 5.79 Å². The standard InChI is InChI=1S/C23H24N2O4/c1-23(2)28-19(11-24-21-17-9-5-3-7-15(17)13-26-21)20(29-23)12-25-22-18-10-6-4-8-16(18)14-27-22/h3-10,19-20H,11-14H2,1-2H3/b24-21-,25-22-/t19-,20-/m0/s1. The summed E-state index contributed by atoms with van der Waals surface area (Å²) in [6, 6.07) is 16.2. The molecule has 3 heterocycles. The van der Waals surface area contributed by atoms with Gasteiger partial charge < -0.3 is 18.9 Å². The van der Waals surface area contributed by atoms with Crippen molar-refractivity contribution in [2.45, 2.75) is 45.1 Å². The molecule has 0 radical (unpaired) electrons. The van der Waals surface area contributed by atoms with Gasteiger partial charge in [-0.25, -0.2) is 9.98 Å². The van der Waals surface area contributed by atoms with Crippen LogP contribution in [0.25, 0.3) is 0 Å². The summed E-state index contributed by atoms with van der Waals surface area (Å²) in [5.74, 6) is 0.678. The van der Waals surface area contributed by atoms with Gasteiger partial charge in [-0.1, -0.05) is 36.4 Å². The Hall–Kier alpha value is -2.70. The molecule has 5 rings (SSSR count). The normalized spacial score (nSPS) is 27.0. The van der Waals surface area contributed by atoms with Gasteiger partial charge in [0.25, 0.3) is 0 Å². The number of fused-ring (bicyclic) bond motifs is 2. The van der Waals surface area contributed by atoms with Crippen molar-refractivity contribution in [2.24, 2.45) is 9.98 Å². The molecule has 0 aliphatic carbocycles. The molecule has 0 aromatic heterocycles. The van der Waals surface area contributed by atoms with E-state index in [1.807, 2.05) is 50.2 Å². The second-order valence-corrected chi connectivity index (χ2v) is 7.90. The highest BCUT2D eigenvalue weighted by Crippen LogP contribution is 2.30. The van der Waals surface area contributed by atoms with Crippen molar-refractivity contribution in [3.05, 3.63) is 70.8 Å². The maximum absolute atomic E-state index is 6.10. The Labute approximate surface area is 170 Å². The topological polar surface area (TPSA) is 61.6 Å². The van der Waals surface area contributed by atoms with Crippen LogP contribution in [0.3, 0.4) is 0 Å². The number of rotatable bonds is 4. The molecule has 0 amide bonds. The van der Waals surface area contributed by atoms with Gasteiger partial charge in [-0.05, 0) is 26.0 Å². The zero-order chi connectivity index (χ0) is 19.8. The lowest BCUT2D eigenvalue weighted by molar-refractivity contribution is -0.144. The van der Waals surface area contributed by atoms with Crippen LogP contribution in [0.5, 0.6) is 0 Å². The number of benzene rings is 2. The van der Waals surface area contributed by atoms with Crippen molar-refractivity contribution in [1.82, 2.24) is 0 Å². The molecule has 0 N–H and O–H groups in total. The summed E-state index contributed by atoms with van der Waals surface area (Å²) in [6.07, 6.45) is -0.398. The summed E-state index contributed by atoms with van der Waals surface area (Å²) in [5, 5.41) is 0. The Bertz CT molecular complexity index is 905. The van der Waals surface area contributed by atoms with Gasteiger partial charge in [0, 0.05) is 22.3 Å². The minimum atomic E-state index is -0.668. The second-order valence-electron chi connectivity index (χ2n) is 7.90. The fourth-order valence-corrected chi connectivity index (χ4v) is 3.98. The van der Waals surface area contributed by atoms with E-state index in [1.165, 1.54) is 0 Å². The maximum Gasteiger partial charge on any atom is 0.216 e. The van der Waals surface area contributed by atoms with Crippen molar-refractivity contribution in [1.29, 1.82) is 0 Å². The third kappa shape index (κ3) is 3.66. The number of ether oxygens (including phenoxy) is 4. The van der Waals surface area contributed by atoms with Gasteiger partial charge >= 0.3 is 0 Å². The molecule has 150 valence electrons. The quantitative estimate of drug-likeness (QED) is 0.800. The molecular formula is C23H24N2O4. The molecule has 2 aromatic rings. The third-order valence-electron chi connectivity index (χ3n) is 5.34. The SMILES string of the molecule is CC1(C)O[C@@H](C/N=C2\OCc3ccccc32)[C@H](C/N=C2\OCc3ccccc32)O1. The van der Waals surface area contributed by atoms with Gasteiger partial charge in [-0.2, -0.15) is 0 Å². The Morgan fingerprint density at radius 3 is 1.69 bits per heavy atom. The molecule has 0 unspecified atom stereocenters. The lowest BCUT2D eigenvalue weighted by Crippen LogP contribution is -2.29. The van der Waals surface area contributed by atoms with Crippen molar-refractivity contribution in [2.75, 3.05) is 13.1 Å². The van der Waals surface area contributed by atoms with Crippen LogP contribution in [0.4, 0.5) is 0 Å². The molecule has 6 heteroatoms. The number of hydrogen-bond donors (Lipinski definition) is 0. The molecule has 0 bridgehead atoms. The first kappa shape index (κ1) is 18.3. The van der Waals surface area contributed by atoms with E-state index in [0.717, 1.165) is 22.3 Å². The minimum absolute atomic E-state index is 0.199. The highest BCUT2D eigenvalue weighted by Gasteiger charge is 2.41.